The molecule has 0 bridgehead atoms. The standard InChI is InChI=1S/C20H18FN3O3/c1-14(19(25)22-13-15-3-7-17(21)8-4-15)27-20(26)16-5-9-18(10-6-16)24-12-2-11-23-24/h2-12,14H,13H2,1H3,(H,22,25)/t14-/m0/s1. The molecule has 0 radical (unpaired) electrons. The molecule has 0 aliphatic carbocycles. The fourth-order valence-electron chi connectivity index (χ4n) is 2.39. The molecule has 1 heterocycles. The molecule has 7 heteroatoms. The molecule has 1 aromatic heterocycles. The molecule has 6 nitrogen and oxygen atoms in total. The predicted octanol–water partition coefficient (Wildman–Crippen LogP) is 2.87. The quantitative estimate of drug-likeness (QED) is 0.680. The molecule has 1 amide bonds. The number of hydrogen-bond donors (Lipinski definition) is 1. The molecule has 0 aliphatic rings. The minimum absolute atomic E-state index is 0.222. The molecule has 0 saturated heterocycles. The van der Waals surface area contributed by atoms with Gasteiger partial charge in [0.25, 0.3) is 5.91 Å². The molecule has 3 rings (SSSR count). The van der Waals surface area contributed by atoms with E-state index in [4.69, 9.17) is 4.74 Å². The Morgan fingerprint density at radius 1 is 1.15 bits per heavy atom. The van der Waals surface area contributed by atoms with Gasteiger partial charge in [-0.05, 0) is 55.0 Å². The molecule has 138 valence electrons. The molecular weight excluding hydrogens is 349 g/mol. The van der Waals surface area contributed by atoms with Crippen molar-refractivity contribution in [3.05, 3.63) is 83.9 Å². The summed E-state index contributed by atoms with van der Waals surface area (Å²) in [6, 6.07) is 14.3. The third-order valence-corrected chi connectivity index (χ3v) is 3.90. The summed E-state index contributed by atoms with van der Waals surface area (Å²) in [6.45, 7) is 1.72. The average Bonchev–Trinajstić information content (AvgIpc) is 3.22. The first-order valence-corrected chi connectivity index (χ1v) is 8.36. The molecule has 2 aromatic carbocycles. The van der Waals surface area contributed by atoms with Crippen molar-refractivity contribution in [2.75, 3.05) is 0 Å². The number of halogens is 1. The van der Waals surface area contributed by atoms with Crippen LogP contribution in [0.3, 0.4) is 0 Å². The first-order chi connectivity index (χ1) is 13.0. The van der Waals surface area contributed by atoms with Gasteiger partial charge in [0.15, 0.2) is 6.10 Å². The molecule has 27 heavy (non-hydrogen) atoms. The van der Waals surface area contributed by atoms with E-state index in [2.05, 4.69) is 10.4 Å². The predicted molar refractivity (Wildman–Crippen MR) is 96.7 cm³/mol. The second kappa shape index (κ2) is 8.27. The average molecular weight is 367 g/mol. The van der Waals surface area contributed by atoms with Gasteiger partial charge in [-0.1, -0.05) is 12.1 Å². The van der Waals surface area contributed by atoms with E-state index < -0.39 is 18.0 Å². The molecule has 1 atom stereocenters. The van der Waals surface area contributed by atoms with Crippen LogP contribution in [0.15, 0.2) is 67.0 Å². The Hall–Kier alpha value is -3.48. The van der Waals surface area contributed by atoms with Crippen LogP contribution in [0, 0.1) is 5.82 Å². The van der Waals surface area contributed by atoms with Crippen molar-refractivity contribution in [1.82, 2.24) is 15.1 Å². The lowest BCUT2D eigenvalue weighted by molar-refractivity contribution is -0.129. The van der Waals surface area contributed by atoms with Crippen molar-refractivity contribution in [1.29, 1.82) is 0 Å². The smallest absolute Gasteiger partial charge is 0.338 e. The summed E-state index contributed by atoms with van der Waals surface area (Å²) in [5.74, 6) is -1.36. The second-order valence-electron chi connectivity index (χ2n) is 5.89. The number of hydrogen-bond acceptors (Lipinski definition) is 4. The number of nitrogens with one attached hydrogen (secondary N) is 1. The van der Waals surface area contributed by atoms with Crippen LogP contribution in [0.4, 0.5) is 4.39 Å². The van der Waals surface area contributed by atoms with Crippen LogP contribution >= 0.6 is 0 Å². The zero-order chi connectivity index (χ0) is 19.2. The fraction of sp³-hybridized carbons (Fsp3) is 0.150. The number of benzene rings is 2. The molecular formula is C20H18FN3O3. The van der Waals surface area contributed by atoms with Crippen LogP contribution < -0.4 is 5.32 Å². The van der Waals surface area contributed by atoms with Crippen molar-refractivity contribution in [2.24, 2.45) is 0 Å². The van der Waals surface area contributed by atoms with Crippen LogP contribution in [0.1, 0.15) is 22.8 Å². The van der Waals surface area contributed by atoms with E-state index >= 15 is 0 Å². The molecule has 0 aliphatic heterocycles. The number of amides is 1. The summed E-state index contributed by atoms with van der Waals surface area (Å²) >= 11 is 0. The largest absolute Gasteiger partial charge is 0.449 e. The zero-order valence-electron chi connectivity index (χ0n) is 14.6. The number of esters is 1. The van der Waals surface area contributed by atoms with Crippen molar-refractivity contribution in [3.63, 3.8) is 0 Å². The number of aromatic nitrogens is 2. The van der Waals surface area contributed by atoms with Gasteiger partial charge in [-0.25, -0.2) is 13.9 Å². The Bertz CT molecular complexity index is 907. The third-order valence-electron chi connectivity index (χ3n) is 3.90. The van der Waals surface area contributed by atoms with E-state index in [0.29, 0.717) is 5.56 Å². The van der Waals surface area contributed by atoms with Gasteiger partial charge in [0.05, 0.1) is 11.3 Å². The van der Waals surface area contributed by atoms with Crippen molar-refractivity contribution in [3.8, 4) is 5.69 Å². The van der Waals surface area contributed by atoms with Gasteiger partial charge in [0.2, 0.25) is 0 Å². The SMILES string of the molecule is C[C@H](OC(=O)c1ccc(-n2cccn2)cc1)C(=O)NCc1ccc(F)cc1. The van der Waals surface area contributed by atoms with Gasteiger partial charge in [0, 0.05) is 18.9 Å². The molecule has 3 aromatic rings. The van der Waals surface area contributed by atoms with Crippen LogP contribution in [0.5, 0.6) is 0 Å². The minimum atomic E-state index is -0.955. The highest BCUT2D eigenvalue weighted by atomic mass is 19.1. The maximum Gasteiger partial charge on any atom is 0.338 e. The highest BCUT2D eigenvalue weighted by molar-refractivity contribution is 5.92. The minimum Gasteiger partial charge on any atom is -0.449 e. The lowest BCUT2D eigenvalue weighted by Gasteiger charge is -2.14. The summed E-state index contributed by atoms with van der Waals surface area (Å²) in [5, 5.41) is 6.76. The Kier molecular flexibility index (Phi) is 5.61. The number of carbonyl (C=O) groups is 2. The third kappa shape index (κ3) is 4.78. The maximum atomic E-state index is 12.9. The first kappa shape index (κ1) is 18.3. The summed E-state index contributed by atoms with van der Waals surface area (Å²) in [4.78, 5) is 24.3. The molecule has 0 fully saturated rings. The summed E-state index contributed by atoms with van der Waals surface area (Å²) < 4.78 is 19.7. The Morgan fingerprint density at radius 3 is 2.48 bits per heavy atom. The molecule has 1 N–H and O–H groups in total. The number of carbonyl (C=O) groups excluding carboxylic acids is 2. The van der Waals surface area contributed by atoms with E-state index in [-0.39, 0.29) is 12.4 Å². The van der Waals surface area contributed by atoms with Gasteiger partial charge in [-0.2, -0.15) is 5.10 Å². The molecule has 0 unspecified atom stereocenters. The fourth-order valence-corrected chi connectivity index (χ4v) is 2.39. The van der Waals surface area contributed by atoms with Crippen molar-refractivity contribution < 1.29 is 18.7 Å². The van der Waals surface area contributed by atoms with E-state index in [0.717, 1.165) is 11.3 Å². The molecule has 0 spiro atoms. The zero-order valence-corrected chi connectivity index (χ0v) is 14.6. The maximum absolute atomic E-state index is 12.9. The van der Waals surface area contributed by atoms with E-state index in [1.807, 2.05) is 0 Å². The van der Waals surface area contributed by atoms with Crippen LogP contribution in [0.2, 0.25) is 0 Å². The highest BCUT2D eigenvalue weighted by Crippen LogP contribution is 2.11. The lowest BCUT2D eigenvalue weighted by atomic mass is 10.2. The highest BCUT2D eigenvalue weighted by Gasteiger charge is 2.18. The Morgan fingerprint density at radius 2 is 1.85 bits per heavy atom. The van der Waals surface area contributed by atoms with Crippen molar-refractivity contribution in [2.45, 2.75) is 19.6 Å². The van der Waals surface area contributed by atoms with Crippen LogP contribution in [0.25, 0.3) is 5.69 Å². The molecule has 0 saturated carbocycles. The summed E-state index contributed by atoms with van der Waals surface area (Å²) in [5.41, 5.74) is 1.89. The van der Waals surface area contributed by atoms with Crippen molar-refractivity contribution >= 4 is 11.9 Å². The van der Waals surface area contributed by atoms with Gasteiger partial charge >= 0.3 is 5.97 Å². The van der Waals surface area contributed by atoms with Gasteiger partial charge < -0.3 is 10.1 Å². The van der Waals surface area contributed by atoms with Crippen LogP contribution in [-0.2, 0) is 16.1 Å². The number of ether oxygens (including phenoxy) is 1. The number of rotatable bonds is 6. The lowest BCUT2D eigenvalue weighted by Crippen LogP contribution is -2.35. The van der Waals surface area contributed by atoms with Crippen LogP contribution in [-0.4, -0.2) is 27.8 Å². The number of nitrogens with zero attached hydrogens (tertiary/aromatic N) is 2. The van der Waals surface area contributed by atoms with Gasteiger partial charge in [-0.15, -0.1) is 0 Å². The first-order valence-electron chi connectivity index (χ1n) is 8.36. The van der Waals surface area contributed by atoms with E-state index in [1.54, 1.807) is 59.5 Å². The second-order valence-corrected chi connectivity index (χ2v) is 5.89. The Balaban J connectivity index is 1.53. The van der Waals surface area contributed by atoms with E-state index in [9.17, 15) is 14.0 Å². The van der Waals surface area contributed by atoms with Gasteiger partial charge in [-0.3, -0.25) is 4.79 Å². The monoisotopic (exact) mass is 367 g/mol. The van der Waals surface area contributed by atoms with E-state index in [1.165, 1.54) is 19.1 Å². The summed E-state index contributed by atoms with van der Waals surface area (Å²) in [6.07, 6.45) is 2.50. The van der Waals surface area contributed by atoms with Gasteiger partial charge in [0.1, 0.15) is 5.82 Å². The normalized spacial score (nSPS) is 11.6. The topological polar surface area (TPSA) is 73.2 Å². The summed E-state index contributed by atoms with van der Waals surface area (Å²) in [7, 11) is 0. The Labute approximate surface area is 155 Å².